The highest BCUT2D eigenvalue weighted by molar-refractivity contribution is 5.88. The molecule has 0 saturated carbocycles. The Morgan fingerprint density at radius 3 is 2.38 bits per heavy atom. The fourth-order valence-electron chi connectivity index (χ4n) is 2.77. The van der Waals surface area contributed by atoms with Crippen LogP contribution >= 0.6 is 0 Å². The van der Waals surface area contributed by atoms with Crippen LogP contribution in [0.2, 0.25) is 0 Å². The number of aromatic hydroxyl groups is 1. The van der Waals surface area contributed by atoms with E-state index in [1.165, 1.54) is 30.3 Å². The van der Waals surface area contributed by atoms with Crippen LogP contribution in [0.5, 0.6) is 5.75 Å². The first-order valence-electron chi connectivity index (χ1n) is 6.55. The van der Waals surface area contributed by atoms with Gasteiger partial charge in [-0.1, -0.05) is 48.6 Å². The quantitative estimate of drug-likeness (QED) is 0.790. The molecule has 0 spiro atoms. The first-order chi connectivity index (χ1) is 10.1. The highest BCUT2D eigenvalue weighted by Gasteiger charge is 2.47. The Kier molecular flexibility index (Phi) is 3.03. The minimum absolute atomic E-state index is 0.0500. The monoisotopic (exact) mass is 282 g/mol. The van der Waals surface area contributed by atoms with Crippen molar-refractivity contribution in [2.24, 2.45) is 0 Å². The maximum absolute atomic E-state index is 11.9. The van der Waals surface area contributed by atoms with Gasteiger partial charge in [0.2, 0.25) is 0 Å². The highest BCUT2D eigenvalue weighted by Crippen LogP contribution is 2.44. The van der Waals surface area contributed by atoms with E-state index in [0.717, 1.165) is 5.56 Å². The number of carboxylic acid groups (broad SMARTS) is 1. The lowest BCUT2D eigenvalue weighted by Gasteiger charge is -2.35. The number of rotatable bonds is 2. The van der Waals surface area contributed by atoms with Crippen LogP contribution in [0.15, 0.2) is 54.6 Å². The fourth-order valence-corrected chi connectivity index (χ4v) is 2.77. The zero-order valence-electron chi connectivity index (χ0n) is 11.1. The van der Waals surface area contributed by atoms with E-state index in [1.54, 1.807) is 18.2 Å². The zero-order chi connectivity index (χ0) is 15.0. The van der Waals surface area contributed by atoms with Crippen molar-refractivity contribution in [2.45, 2.75) is 11.5 Å². The molecule has 2 aromatic rings. The van der Waals surface area contributed by atoms with Gasteiger partial charge in [0.05, 0.1) is 0 Å². The molecule has 2 atom stereocenters. The minimum Gasteiger partial charge on any atom is -0.508 e. The van der Waals surface area contributed by atoms with E-state index >= 15 is 0 Å². The van der Waals surface area contributed by atoms with E-state index in [4.69, 9.17) is 0 Å². The molecule has 4 nitrogen and oxygen atoms in total. The Labute approximate surface area is 121 Å². The summed E-state index contributed by atoms with van der Waals surface area (Å²) in [6.07, 6.45) is 2.03. The number of carboxylic acids is 1. The number of fused-ring (bicyclic) bond motifs is 1. The fraction of sp³-hybridized carbons (Fsp3) is 0.118. The molecule has 2 unspecified atom stereocenters. The molecular weight excluding hydrogens is 268 g/mol. The van der Waals surface area contributed by atoms with Gasteiger partial charge < -0.3 is 15.3 Å². The summed E-state index contributed by atoms with van der Waals surface area (Å²) in [5.41, 5.74) is 0.254. The van der Waals surface area contributed by atoms with Gasteiger partial charge in [-0.2, -0.15) is 0 Å². The lowest BCUT2D eigenvalue weighted by atomic mass is 9.69. The molecule has 0 heterocycles. The van der Waals surface area contributed by atoms with E-state index < -0.39 is 17.5 Å². The SMILES string of the molecule is O=C(O)C1(c2ccc(O)cc2)C=Cc2ccccc2C1O. The minimum atomic E-state index is -1.55. The van der Waals surface area contributed by atoms with Gasteiger partial charge in [-0.3, -0.25) is 4.79 Å². The van der Waals surface area contributed by atoms with Gasteiger partial charge in [0.25, 0.3) is 0 Å². The van der Waals surface area contributed by atoms with Gasteiger partial charge >= 0.3 is 5.97 Å². The molecule has 4 heteroatoms. The predicted octanol–water partition coefficient (Wildman–Crippen LogP) is 2.48. The number of aliphatic carboxylic acids is 1. The molecule has 2 aromatic carbocycles. The Morgan fingerprint density at radius 1 is 1.05 bits per heavy atom. The van der Waals surface area contributed by atoms with Crippen molar-refractivity contribution in [3.63, 3.8) is 0 Å². The van der Waals surface area contributed by atoms with Crippen LogP contribution < -0.4 is 0 Å². The molecule has 0 saturated heterocycles. The third-order valence-corrected chi connectivity index (χ3v) is 3.95. The topological polar surface area (TPSA) is 77.8 Å². The lowest BCUT2D eigenvalue weighted by molar-refractivity contribution is -0.146. The van der Waals surface area contributed by atoms with Crippen LogP contribution in [0, 0.1) is 0 Å². The van der Waals surface area contributed by atoms with Crippen molar-refractivity contribution >= 4 is 12.0 Å². The number of phenols is 1. The van der Waals surface area contributed by atoms with Gasteiger partial charge in [0.15, 0.2) is 0 Å². The predicted molar refractivity (Wildman–Crippen MR) is 77.9 cm³/mol. The third-order valence-electron chi connectivity index (χ3n) is 3.95. The Bertz CT molecular complexity index is 718. The summed E-state index contributed by atoms with van der Waals surface area (Å²) in [6, 6.07) is 13.0. The largest absolute Gasteiger partial charge is 0.508 e. The van der Waals surface area contributed by atoms with Crippen molar-refractivity contribution in [1.82, 2.24) is 0 Å². The molecule has 1 aliphatic rings. The molecule has 106 valence electrons. The third kappa shape index (κ3) is 1.92. The van der Waals surface area contributed by atoms with Crippen molar-refractivity contribution < 1.29 is 20.1 Å². The molecule has 3 rings (SSSR count). The van der Waals surface area contributed by atoms with E-state index in [0.29, 0.717) is 11.1 Å². The number of phenolic OH excluding ortho intramolecular Hbond substituents is 1. The number of hydrogen-bond donors (Lipinski definition) is 3. The second-order valence-electron chi connectivity index (χ2n) is 5.09. The van der Waals surface area contributed by atoms with Crippen LogP contribution in [0.1, 0.15) is 22.8 Å². The normalized spacial score (nSPS) is 23.6. The smallest absolute Gasteiger partial charge is 0.321 e. The number of aliphatic hydroxyl groups is 1. The number of benzene rings is 2. The van der Waals surface area contributed by atoms with E-state index in [2.05, 4.69) is 0 Å². The first kappa shape index (κ1) is 13.4. The van der Waals surface area contributed by atoms with Gasteiger partial charge in [-0.15, -0.1) is 0 Å². The summed E-state index contributed by atoms with van der Waals surface area (Å²) >= 11 is 0. The Balaban J connectivity index is 2.21. The van der Waals surface area contributed by atoms with Crippen LogP contribution in [0.25, 0.3) is 6.08 Å². The van der Waals surface area contributed by atoms with Crippen LogP contribution in [-0.4, -0.2) is 21.3 Å². The van der Waals surface area contributed by atoms with Crippen molar-refractivity contribution in [2.75, 3.05) is 0 Å². The lowest BCUT2D eigenvalue weighted by Crippen LogP contribution is -2.41. The zero-order valence-corrected chi connectivity index (χ0v) is 11.1. The molecule has 1 aliphatic carbocycles. The summed E-state index contributed by atoms with van der Waals surface area (Å²) in [4.78, 5) is 11.9. The number of hydrogen-bond acceptors (Lipinski definition) is 3. The summed E-state index contributed by atoms with van der Waals surface area (Å²) < 4.78 is 0. The molecule has 0 aliphatic heterocycles. The molecular formula is C17H14O4. The van der Waals surface area contributed by atoms with Gasteiger partial charge in [0, 0.05) is 0 Å². The molecule has 3 N–H and O–H groups in total. The summed E-state index contributed by atoms with van der Waals surface area (Å²) in [7, 11) is 0. The molecule has 21 heavy (non-hydrogen) atoms. The maximum Gasteiger partial charge on any atom is 0.321 e. The molecule has 0 bridgehead atoms. The summed E-state index contributed by atoms with van der Waals surface area (Å²) in [6.45, 7) is 0. The maximum atomic E-state index is 11.9. The van der Waals surface area contributed by atoms with Crippen molar-refractivity contribution in [3.05, 3.63) is 71.3 Å². The molecule has 0 fully saturated rings. The number of carbonyl (C=O) groups is 1. The van der Waals surface area contributed by atoms with Gasteiger partial charge in [-0.25, -0.2) is 0 Å². The molecule has 0 aromatic heterocycles. The average Bonchev–Trinajstić information content (AvgIpc) is 2.49. The van der Waals surface area contributed by atoms with Gasteiger partial charge in [-0.05, 0) is 28.8 Å². The van der Waals surface area contributed by atoms with Gasteiger partial charge in [0.1, 0.15) is 17.3 Å². The highest BCUT2D eigenvalue weighted by atomic mass is 16.4. The van der Waals surface area contributed by atoms with E-state index in [-0.39, 0.29) is 5.75 Å². The molecule has 0 amide bonds. The second kappa shape index (κ2) is 4.75. The number of aliphatic hydroxyl groups excluding tert-OH is 1. The van der Waals surface area contributed by atoms with Crippen LogP contribution in [-0.2, 0) is 10.2 Å². The van der Waals surface area contributed by atoms with Crippen LogP contribution in [0.3, 0.4) is 0 Å². The second-order valence-corrected chi connectivity index (χ2v) is 5.09. The van der Waals surface area contributed by atoms with Crippen molar-refractivity contribution in [1.29, 1.82) is 0 Å². The van der Waals surface area contributed by atoms with E-state index in [1.807, 2.05) is 12.1 Å². The average molecular weight is 282 g/mol. The standard InChI is InChI=1S/C17H14O4/c18-13-7-5-12(6-8-13)17(16(20)21)10-9-11-3-1-2-4-14(11)15(17)19/h1-10,15,18-19H,(H,20,21). The van der Waals surface area contributed by atoms with Crippen molar-refractivity contribution in [3.8, 4) is 5.75 Å². The first-order valence-corrected chi connectivity index (χ1v) is 6.55. The summed E-state index contributed by atoms with van der Waals surface area (Å²) in [5, 5.41) is 29.8. The Hall–Kier alpha value is -2.59. The molecule has 0 radical (unpaired) electrons. The Morgan fingerprint density at radius 2 is 1.71 bits per heavy atom. The van der Waals surface area contributed by atoms with E-state index in [9.17, 15) is 20.1 Å². The van der Waals surface area contributed by atoms with Crippen LogP contribution in [0.4, 0.5) is 0 Å². The summed E-state index contributed by atoms with van der Waals surface area (Å²) in [5.74, 6) is -1.08.